The van der Waals surface area contributed by atoms with E-state index in [1.54, 1.807) is 45.9 Å². The zero-order valence-corrected chi connectivity index (χ0v) is 21.4. The maximum absolute atomic E-state index is 13.6. The zero-order chi connectivity index (χ0) is 26.2. The van der Waals surface area contributed by atoms with E-state index in [1.807, 2.05) is 44.2 Å². The Bertz CT molecular complexity index is 1000. The highest BCUT2D eigenvalue weighted by Crippen LogP contribution is 2.31. The molecule has 0 bridgehead atoms. The van der Waals surface area contributed by atoms with E-state index >= 15 is 0 Å². The summed E-state index contributed by atoms with van der Waals surface area (Å²) in [6.45, 7) is 10.7. The van der Waals surface area contributed by atoms with Crippen LogP contribution in [0.3, 0.4) is 0 Å². The number of amides is 3. The molecule has 8 nitrogen and oxygen atoms in total. The molecule has 3 atom stereocenters. The van der Waals surface area contributed by atoms with Crippen LogP contribution in [0.2, 0.25) is 0 Å². The summed E-state index contributed by atoms with van der Waals surface area (Å²) in [5.41, 5.74) is 0.480. The molecule has 0 aromatic heterocycles. The number of alkyl carbamates (subject to hydrolysis) is 1. The van der Waals surface area contributed by atoms with E-state index < -0.39 is 35.6 Å². The number of ether oxygens (including phenoxy) is 1. The number of carbonyl (C=O) groups is 3. The van der Waals surface area contributed by atoms with Gasteiger partial charge in [0.25, 0.3) is 0 Å². The van der Waals surface area contributed by atoms with Crippen molar-refractivity contribution >= 4 is 17.9 Å². The largest absolute Gasteiger partial charge is 0.508 e. The number of nitrogens with one attached hydrogen (secondary N) is 2. The van der Waals surface area contributed by atoms with Gasteiger partial charge in [0.2, 0.25) is 11.8 Å². The fourth-order valence-electron chi connectivity index (χ4n) is 3.58. The van der Waals surface area contributed by atoms with Gasteiger partial charge in [0, 0.05) is 18.2 Å². The lowest BCUT2D eigenvalue weighted by Gasteiger charge is -2.37. The van der Waals surface area contributed by atoms with Crippen LogP contribution in [-0.2, 0) is 20.9 Å². The van der Waals surface area contributed by atoms with Crippen molar-refractivity contribution in [1.29, 1.82) is 0 Å². The Morgan fingerprint density at radius 3 is 2.17 bits per heavy atom. The molecule has 0 aliphatic rings. The molecule has 0 heterocycles. The fourth-order valence-corrected chi connectivity index (χ4v) is 3.58. The highest BCUT2D eigenvalue weighted by atomic mass is 16.6. The first-order valence-electron chi connectivity index (χ1n) is 11.9. The third-order valence-electron chi connectivity index (χ3n) is 5.49. The Morgan fingerprint density at radius 2 is 1.60 bits per heavy atom. The number of nitrogens with zero attached hydrogens (tertiary/aromatic N) is 1. The summed E-state index contributed by atoms with van der Waals surface area (Å²) in [4.78, 5) is 40.9. The van der Waals surface area contributed by atoms with Crippen molar-refractivity contribution in [1.82, 2.24) is 15.5 Å². The minimum atomic E-state index is -1.11. The molecule has 35 heavy (non-hydrogen) atoms. The minimum Gasteiger partial charge on any atom is -0.508 e. The smallest absolute Gasteiger partial charge is 0.408 e. The molecule has 0 saturated carbocycles. The molecule has 0 aliphatic carbocycles. The summed E-state index contributed by atoms with van der Waals surface area (Å²) in [5.74, 6) is -0.997. The SMILES string of the molecule is CCC(C)N(C(=O)C(C)NC(=O)OC(C)(C)C)C(C(=O)NCc1ccccc1)c1ccccc1O. The molecule has 3 unspecified atom stereocenters. The number of phenolic OH excluding ortho intramolecular Hbond substituents is 1. The van der Waals surface area contributed by atoms with Gasteiger partial charge in [0.15, 0.2) is 0 Å². The molecule has 2 aromatic rings. The van der Waals surface area contributed by atoms with Gasteiger partial charge in [-0.25, -0.2) is 4.79 Å². The first-order chi connectivity index (χ1) is 16.4. The maximum atomic E-state index is 13.6. The molecular formula is C27H37N3O5. The Morgan fingerprint density at radius 1 is 1.00 bits per heavy atom. The number of para-hydroxylation sites is 1. The Hall–Kier alpha value is -3.55. The average Bonchev–Trinajstić information content (AvgIpc) is 2.80. The first-order valence-corrected chi connectivity index (χ1v) is 11.9. The lowest BCUT2D eigenvalue weighted by atomic mass is 9.99. The normalized spacial score (nSPS) is 13.8. The highest BCUT2D eigenvalue weighted by molar-refractivity contribution is 5.92. The van der Waals surface area contributed by atoms with E-state index in [4.69, 9.17) is 4.74 Å². The van der Waals surface area contributed by atoms with Crippen molar-refractivity contribution in [2.75, 3.05) is 0 Å². The molecule has 0 fully saturated rings. The van der Waals surface area contributed by atoms with Crippen LogP contribution in [0.25, 0.3) is 0 Å². The first kappa shape index (κ1) is 27.7. The van der Waals surface area contributed by atoms with Gasteiger partial charge in [-0.1, -0.05) is 55.5 Å². The number of benzene rings is 2. The van der Waals surface area contributed by atoms with E-state index in [2.05, 4.69) is 10.6 Å². The Kier molecular flexibility index (Phi) is 9.68. The van der Waals surface area contributed by atoms with E-state index in [1.165, 1.54) is 11.0 Å². The number of hydrogen-bond acceptors (Lipinski definition) is 5. The molecule has 0 saturated heterocycles. The van der Waals surface area contributed by atoms with Gasteiger partial charge < -0.3 is 25.4 Å². The van der Waals surface area contributed by atoms with Crippen LogP contribution in [0.1, 0.15) is 65.1 Å². The summed E-state index contributed by atoms with van der Waals surface area (Å²) in [6.07, 6.45) is -0.170. The van der Waals surface area contributed by atoms with E-state index in [0.717, 1.165) is 5.56 Å². The average molecular weight is 484 g/mol. The topological polar surface area (TPSA) is 108 Å². The van der Waals surface area contributed by atoms with Gasteiger partial charge in [-0.15, -0.1) is 0 Å². The summed E-state index contributed by atoms with van der Waals surface area (Å²) in [7, 11) is 0. The van der Waals surface area contributed by atoms with E-state index in [-0.39, 0.29) is 18.3 Å². The van der Waals surface area contributed by atoms with E-state index in [0.29, 0.717) is 12.0 Å². The van der Waals surface area contributed by atoms with Gasteiger partial charge >= 0.3 is 6.09 Å². The quantitative estimate of drug-likeness (QED) is 0.493. The van der Waals surface area contributed by atoms with E-state index in [9.17, 15) is 19.5 Å². The summed E-state index contributed by atoms with van der Waals surface area (Å²) < 4.78 is 5.28. The fraction of sp³-hybridized carbons (Fsp3) is 0.444. The zero-order valence-electron chi connectivity index (χ0n) is 21.4. The molecule has 0 spiro atoms. The Balaban J connectivity index is 2.39. The van der Waals surface area contributed by atoms with Crippen molar-refractivity contribution in [2.24, 2.45) is 0 Å². The second-order valence-electron chi connectivity index (χ2n) is 9.54. The van der Waals surface area contributed by atoms with Crippen molar-refractivity contribution in [2.45, 2.75) is 78.2 Å². The minimum absolute atomic E-state index is 0.0961. The highest BCUT2D eigenvalue weighted by Gasteiger charge is 2.38. The van der Waals surface area contributed by atoms with Crippen LogP contribution in [0.4, 0.5) is 4.79 Å². The molecular weight excluding hydrogens is 446 g/mol. The van der Waals surface area contributed by atoms with Crippen LogP contribution in [0.15, 0.2) is 54.6 Å². The van der Waals surface area contributed by atoms with Gasteiger partial charge in [-0.05, 0) is 52.7 Å². The summed E-state index contributed by atoms with van der Waals surface area (Å²) >= 11 is 0. The second-order valence-corrected chi connectivity index (χ2v) is 9.54. The van der Waals surface area contributed by atoms with Gasteiger partial charge in [-0.2, -0.15) is 0 Å². The van der Waals surface area contributed by atoms with Crippen molar-refractivity contribution < 1.29 is 24.2 Å². The lowest BCUT2D eigenvalue weighted by Crippen LogP contribution is -2.54. The molecule has 0 radical (unpaired) electrons. The molecule has 3 N–H and O–H groups in total. The predicted molar refractivity (Wildman–Crippen MR) is 135 cm³/mol. The number of aromatic hydroxyl groups is 1. The van der Waals surface area contributed by atoms with Crippen LogP contribution >= 0.6 is 0 Å². The van der Waals surface area contributed by atoms with Crippen molar-refractivity contribution in [3.8, 4) is 5.75 Å². The van der Waals surface area contributed by atoms with Crippen LogP contribution in [0, 0.1) is 0 Å². The van der Waals surface area contributed by atoms with Gasteiger partial charge in [0.1, 0.15) is 23.4 Å². The summed E-state index contributed by atoms with van der Waals surface area (Å²) in [6, 6.07) is 13.4. The van der Waals surface area contributed by atoms with Crippen LogP contribution in [-0.4, -0.2) is 45.6 Å². The van der Waals surface area contributed by atoms with Crippen molar-refractivity contribution in [3.63, 3.8) is 0 Å². The third kappa shape index (κ3) is 8.02. The van der Waals surface area contributed by atoms with Crippen molar-refractivity contribution in [3.05, 3.63) is 65.7 Å². The molecule has 0 aliphatic heterocycles. The number of hydrogen-bond donors (Lipinski definition) is 3. The number of carbonyl (C=O) groups excluding carboxylic acids is 3. The number of rotatable bonds is 9. The lowest BCUT2D eigenvalue weighted by molar-refractivity contribution is -0.144. The maximum Gasteiger partial charge on any atom is 0.408 e. The standard InChI is InChI=1S/C27H37N3O5/c1-7-18(2)30(25(33)19(3)29-26(34)35-27(4,5)6)23(21-15-11-12-16-22(21)31)24(32)28-17-20-13-9-8-10-14-20/h8-16,18-19,23,31H,7,17H2,1-6H3,(H,28,32)(H,29,34). The molecule has 3 amide bonds. The number of phenols is 1. The molecule has 190 valence electrons. The Labute approximate surface area is 207 Å². The van der Waals surface area contributed by atoms with Gasteiger partial charge in [-0.3, -0.25) is 9.59 Å². The molecule has 2 aromatic carbocycles. The summed E-state index contributed by atoms with van der Waals surface area (Å²) in [5, 5.41) is 16.1. The van der Waals surface area contributed by atoms with Gasteiger partial charge in [0.05, 0.1) is 0 Å². The molecule has 2 rings (SSSR count). The predicted octanol–water partition coefficient (Wildman–Crippen LogP) is 4.29. The second kappa shape index (κ2) is 12.2. The molecule has 8 heteroatoms. The third-order valence-corrected chi connectivity index (χ3v) is 5.49. The van der Waals surface area contributed by atoms with Crippen LogP contribution < -0.4 is 10.6 Å². The van der Waals surface area contributed by atoms with Crippen LogP contribution in [0.5, 0.6) is 5.75 Å². The monoisotopic (exact) mass is 483 g/mol.